The van der Waals surface area contributed by atoms with E-state index in [4.69, 9.17) is 0 Å². The van der Waals surface area contributed by atoms with Crippen LogP contribution < -0.4 is 0 Å². The van der Waals surface area contributed by atoms with Crippen LogP contribution in [0.2, 0.25) is 0 Å². The number of rotatable bonds is 4. The Labute approximate surface area is 98.5 Å². The van der Waals surface area contributed by atoms with Gasteiger partial charge < -0.3 is 0 Å². The van der Waals surface area contributed by atoms with Crippen molar-refractivity contribution in [3.63, 3.8) is 0 Å². The molecule has 1 unspecified atom stereocenters. The third-order valence-electron chi connectivity index (χ3n) is 3.30. The van der Waals surface area contributed by atoms with Gasteiger partial charge in [0.1, 0.15) is 0 Å². The molecule has 1 heteroatoms. The molecule has 0 radical (unpaired) electrons. The second-order valence-corrected chi connectivity index (χ2v) is 6.07. The molecule has 15 heavy (non-hydrogen) atoms. The topological polar surface area (TPSA) is 0 Å². The number of hydrogen-bond donors (Lipinski definition) is 0. The highest BCUT2D eigenvalue weighted by Gasteiger charge is 2.18. The minimum atomic E-state index is 0.230. The highest BCUT2D eigenvalue weighted by atomic mass is 32.2. The molecule has 0 bridgehead atoms. The lowest BCUT2D eigenvalue weighted by molar-refractivity contribution is 0.729. The summed E-state index contributed by atoms with van der Waals surface area (Å²) in [4.78, 5) is 0. The van der Waals surface area contributed by atoms with E-state index in [1.165, 1.54) is 17.5 Å². The largest absolute Gasteiger partial charge is 0.154 e. The monoisotopic (exact) mass is 222 g/mol. The van der Waals surface area contributed by atoms with E-state index in [9.17, 15) is 0 Å². The Hall–Kier alpha value is -0.430. The maximum Gasteiger partial charge on any atom is 0.0349 e. The van der Waals surface area contributed by atoms with Crippen molar-refractivity contribution in [1.82, 2.24) is 0 Å². The van der Waals surface area contributed by atoms with Crippen LogP contribution in [0.1, 0.15) is 51.2 Å². The molecule has 0 spiro atoms. The summed E-state index contributed by atoms with van der Waals surface area (Å²) < 4.78 is 0.230. The van der Waals surface area contributed by atoms with Gasteiger partial charge in [0, 0.05) is 4.75 Å². The van der Waals surface area contributed by atoms with Gasteiger partial charge in [0.15, 0.2) is 0 Å². The highest BCUT2D eigenvalue weighted by molar-refractivity contribution is 7.99. The Bertz CT molecular complexity index is 298. The molecule has 0 amide bonds. The fourth-order valence-corrected chi connectivity index (χ4v) is 1.94. The van der Waals surface area contributed by atoms with Crippen LogP contribution in [-0.4, -0.2) is 6.26 Å². The number of thioether (sulfide) groups is 1. The number of hydrogen-bond acceptors (Lipinski definition) is 1. The summed E-state index contributed by atoms with van der Waals surface area (Å²) in [6.45, 7) is 9.07. The molecule has 0 nitrogen and oxygen atoms in total. The van der Waals surface area contributed by atoms with Crippen molar-refractivity contribution in [2.75, 3.05) is 6.26 Å². The molecule has 0 saturated carbocycles. The van der Waals surface area contributed by atoms with E-state index >= 15 is 0 Å². The molecule has 0 aromatic heterocycles. The minimum absolute atomic E-state index is 0.230. The molecule has 1 aromatic carbocycles. The highest BCUT2D eigenvalue weighted by Crippen LogP contribution is 2.34. The van der Waals surface area contributed by atoms with E-state index in [1.54, 1.807) is 0 Å². The first-order valence-corrected chi connectivity index (χ1v) is 6.89. The van der Waals surface area contributed by atoms with Crippen molar-refractivity contribution in [2.45, 2.75) is 44.8 Å². The summed E-state index contributed by atoms with van der Waals surface area (Å²) in [7, 11) is 0. The average Bonchev–Trinajstić information content (AvgIpc) is 2.28. The lowest BCUT2D eigenvalue weighted by Gasteiger charge is -2.23. The molecule has 0 saturated heterocycles. The van der Waals surface area contributed by atoms with Crippen molar-refractivity contribution in [2.24, 2.45) is 0 Å². The van der Waals surface area contributed by atoms with Crippen LogP contribution in [0.4, 0.5) is 0 Å². The van der Waals surface area contributed by atoms with Gasteiger partial charge in [-0.1, -0.05) is 38.1 Å². The third-order valence-corrected chi connectivity index (χ3v) is 4.55. The molecular formula is C14H22S. The predicted octanol–water partition coefficient (Wildman–Crippen LogP) is 4.80. The fraction of sp³-hybridized carbons (Fsp3) is 0.571. The van der Waals surface area contributed by atoms with E-state index in [-0.39, 0.29) is 4.75 Å². The Kier molecular flexibility index (Phi) is 4.27. The van der Waals surface area contributed by atoms with Crippen LogP contribution in [-0.2, 0) is 4.75 Å². The van der Waals surface area contributed by atoms with Gasteiger partial charge in [-0.25, -0.2) is 0 Å². The first kappa shape index (κ1) is 12.6. The van der Waals surface area contributed by atoms with Gasteiger partial charge in [0.25, 0.3) is 0 Å². The van der Waals surface area contributed by atoms with Crippen molar-refractivity contribution in [3.05, 3.63) is 35.4 Å². The second-order valence-electron chi connectivity index (χ2n) is 4.65. The maximum absolute atomic E-state index is 2.29. The minimum Gasteiger partial charge on any atom is -0.154 e. The fourth-order valence-electron chi connectivity index (χ4n) is 1.57. The molecule has 0 aliphatic heterocycles. The smallest absolute Gasteiger partial charge is 0.0349 e. The van der Waals surface area contributed by atoms with Crippen LogP contribution in [0, 0.1) is 0 Å². The summed E-state index contributed by atoms with van der Waals surface area (Å²) in [6.07, 6.45) is 3.38. The molecule has 84 valence electrons. The average molecular weight is 222 g/mol. The van der Waals surface area contributed by atoms with Crippen LogP contribution >= 0.6 is 11.8 Å². The standard InChI is InChI=1S/C14H22S/c1-6-11(2)12-7-9-13(10-8-12)14(3,4)15-5/h7-11H,6H2,1-5H3. The summed E-state index contributed by atoms with van der Waals surface area (Å²) >= 11 is 1.90. The van der Waals surface area contributed by atoms with E-state index in [1.807, 2.05) is 11.8 Å². The van der Waals surface area contributed by atoms with Gasteiger partial charge in [-0.3, -0.25) is 0 Å². The SMILES string of the molecule is CCC(C)c1ccc(C(C)(C)SC)cc1. The Morgan fingerprint density at radius 2 is 1.73 bits per heavy atom. The molecule has 1 atom stereocenters. The van der Waals surface area contributed by atoms with E-state index < -0.39 is 0 Å². The normalized spacial score (nSPS) is 13.9. The van der Waals surface area contributed by atoms with Gasteiger partial charge in [-0.15, -0.1) is 0 Å². The van der Waals surface area contributed by atoms with Crippen LogP contribution in [0.3, 0.4) is 0 Å². The van der Waals surface area contributed by atoms with Gasteiger partial charge in [0.2, 0.25) is 0 Å². The molecule has 0 N–H and O–H groups in total. The molecule has 0 heterocycles. The summed E-state index contributed by atoms with van der Waals surface area (Å²) in [5.74, 6) is 0.677. The summed E-state index contributed by atoms with van der Waals surface area (Å²) in [6, 6.07) is 9.11. The predicted molar refractivity (Wildman–Crippen MR) is 71.7 cm³/mol. The lowest BCUT2D eigenvalue weighted by Crippen LogP contribution is -2.11. The zero-order valence-electron chi connectivity index (χ0n) is 10.5. The van der Waals surface area contributed by atoms with Crippen molar-refractivity contribution < 1.29 is 0 Å². The summed E-state index contributed by atoms with van der Waals surface area (Å²) in [5.41, 5.74) is 2.88. The molecule has 1 aromatic rings. The molecule has 0 fully saturated rings. The second kappa shape index (κ2) is 5.07. The van der Waals surface area contributed by atoms with Crippen molar-refractivity contribution >= 4 is 11.8 Å². The van der Waals surface area contributed by atoms with E-state index in [0.29, 0.717) is 5.92 Å². The quantitative estimate of drug-likeness (QED) is 0.705. The lowest BCUT2D eigenvalue weighted by atomic mass is 9.94. The van der Waals surface area contributed by atoms with Crippen LogP contribution in [0.5, 0.6) is 0 Å². The summed E-state index contributed by atoms with van der Waals surface area (Å²) in [5, 5.41) is 0. The van der Waals surface area contributed by atoms with Crippen molar-refractivity contribution in [1.29, 1.82) is 0 Å². The third kappa shape index (κ3) is 3.01. The number of benzene rings is 1. The van der Waals surface area contributed by atoms with Gasteiger partial charge >= 0.3 is 0 Å². The molecular weight excluding hydrogens is 200 g/mol. The van der Waals surface area contributed by atoms with Gasteiger partial charge in [-0.05, 0) is 43.6 Å². The van der Waals surface area contributed by atoms with Gasteiger partial charge in [-0.2, -0.15) is 11.8 Å². The Balaban J connectivity index is 2.90. The zero-order chi connectivity index (χ0) is 11.5. The zero-order valence-corrected chi connectivity index (χ0v) is 11.3. The maximum atomic E-state index is 2.29. The van der Waals surface area contributed by atoms with Gasteiger partial charge in [0.05, 0.1) is 0 Å². The van der Waals surface area contributed by atoms with E-state index in [2.05, 4.69) is 58.2 Å². The molecule has 1 rings (SSSR count). The Morgan fingerprint density at radius 3 is 2.13 bits per heavy atom. The first-order chi connectivity index (χ1) is 7.01. The first-order valence-electron chi connectivity index (χ1n) is 5.67. The van der Waals surface area contributed by atoms with Crippen molar-refractivity contribution in [3.8, 4) is 0 Å². The molecule has 0 aliphatic carbocycles. The van der Waals surface area contributed by atoms with E-state index in [0.717, 1.165) is 0 Å². The Morgan fingerprint density at radius 1 is 1.20 bits per heavy atom. The van der Waals surface area contributed by atoms with Crippen LogP contribution in [0.15, 0.2) is 24.3 Å². The molecule has 0 aliphatic rings. The van der Waals surface area contributed by atoms with Crippen LogP contribution in [0.25, 0.3) is 0 Å².